The first-order chi connectivity index (χ1) is 34.5. The van der Waals surface area contributed by atoms with Crippen molar-refractivity contribution in [2.75, 3.05) is 13.2 Å². The van der Waals surface area contributed by atoms with E-state index in [1.54, 1.807) is 0 Å². The lowest BCUT2D eigenvalue weighted by Crippen LogP contribution is -2.62. The minimum absolute atomic E-state index is 0.132. The van der Waals surface area contributed by atoms with Crippen LogP contribution in [0.4, 0.5) is 0 Å². The number of unbranched alkanes of at least 4 members (excludes halogenated alkanes) is 5. The van der Waals surface area contributed by atoms with Crippen molar-refractivity contribution in [1.82, 2.24) is 42.5 Å². The number of aliphatic carboxylic acids is 2. The third-order valence-electron chi connectivity index (χ3n) is 12.0. The second-order valence-corrected chi connectivity index (χ2v) is 18.2. The zero-order chi connectivity index (χ0) is 54.8. The van der Waals surface area contributed by atoms with Gasteiger partial charge < -0.3 is 78.9 Å². The summed E-state index contributed by atoms with van der Waals surface area (Å²) < 4.78 is 0. The van der Waals surface area contributed by atoms with Gasteiger partial charge in [0.1, 0.15) is 48.0 Å². The Hall–Kier alpha value is -6.93. The summed E-state index contributed by atoms with van der Waals surface area (Å²) in [7, 11) is 0. The maximum Gasteiger partial charge on any atom is 0.305 e. The van der Waals surface area contributed by atoms with E-state index in [4.69, 9.17) is 5.73 Å². The highest BCUT2D eigenvalue weighted by Gasteiger charge is 2.36. The standard InChI is InChI=1S/C47H73N9O17/c1-4-25(2)11-9-7-5-6-8-10-12-28-20-37(62)50-33(22-39(65)66)44(70)52-31(19-27-13-15-29(60)16-14-27)42(68)53-32(21-36(48)61)43(69)55-34(23-57)45(71)51-30(17-18-38(63)64)41(67)54-35(24-58)46(72)56-40(26(3)59)47(73)49-28/h13-16,25-26,28,30-35,40,57-60H,4-12,17-24H2,1-3H3,(H2,48,61)(H,49,73)(H,50,62)(H,51,71)(H,52,70)(H,53,68)(H,54,67)(H,55,69)(H,56,72)(H,63,64)(H,65,66). The van der Waals surface area contributed by atoms with Gasteiger partial charge in [-0.05, 0) is 43.4 Å². The second-order valence-electron chi connectivity index (χ2n) is 18.2. The van der Waals surface area contributed by atoms with Crippen LogP contribution in [0.1, 0.15) is 116 Å². The number of carboxylic acid groups (broad SMARTS) is 2. The maximum atomic E-state index is 14.0. The molecule has 0 bridgehead atoms. The van der Waals surface area contributed by atoms with Gasteiger partial charge in [0.25, 0.3) is 0 Å². The highest BCUT2D eigenvalue weighted by molar-refractivity contribution is 5.99. The molecule has 408 valence electrons. The quantitative estimate of drug-likeness (QED) is 0.0514. The van der Waals surface area contributed by atoms with E-state index in [9.17, 15) is 83.4 Å². The summed E-state index contributed by atoms with van der Waals surface area (Å²) in [6, 6.07) is -8.96. The third-order valence-corrected chi connectivity index (χ3v) is 12.0. The summed E-state index contributed by atoms with van der Waals surface area (Å²) in [4.78, 5) is 146. The lowest BCUT2D eigenvalue weighted by Gasteiger charge is -2.28. The monoisotopic (exact) mass is 1040 g/mol. The molecule has 1 aromatic rings. The molecule has 2 rings (SSSR count). The summed E-state index contributed by atoms with van der Waals surface area (Å²) >= 11 is 0. The Labute approximate surface area is 422 Å². The predicted molar refractivity (Wildman–Crippen MR) is 257 cm³/mol. The van der Waals surface area contributed by atoms with E-state index in [0.717, 1.165) is 45.4 Å². The van der Waals surface area contributed by atoms with Crippen LogP contribution in [0, 0.1) is 5.92 Å². The number of carboxylic acids is 2. The molecular weight excluding hydrogens is 963 g/mol. The molecule has 26 heteroatoms. The first kappa shape index (κ1) is 62.2. The fourth-order valence-corrected chi connectivity index (χ4v) is 7.60. The van der Waals surface area contributed by atoms with E-state index in [2.05, 4.69) is 56.4 Å². The van der Waals surface area contributed by atoms with Crippen molar-refractivity contribution >= 4 is 65.1 Å². The summed E-state index contributed by atoms with van der Waals surface area (Å²) in [6.07, 6.45) is 1.12. The lowest BCUT2D eigenvalue weighted by molar-refractivity contribution is -0.141. The molecule has 10 unspecified atom stereocenters. The lowest BCUT2D eigenvalue weighted by atomic mass is 9.99. The Kier molecular flexibility index (Phi) is 27.4. The number of hydrogen-bond donors (Lipinski definition) is 15. The second kappa shape index (κ2) is 32.2. The molecule has 0 radical (unpaired) electrons. The number of aliphatic hydroxyl groups is 3. The van der Waals surface area contributed by atoms with E-state index in [1.165, 1.54) is 24.3 Å². The first-order valence-electron chi connectivity index (χ1n) is 24.3. The van der Waals surface area contributed by atoms with Gasteiger partial charge >= 0.3 is 11.9 Å². The molecule has 9 amide bonds. The number of rotatable bonds is 22. The number of primary amides is 1. The Balaban J connectivity index is 2.70. The average molecular weight is 1040 g/mol. The molecule has 0 aromatic heterocycles. The van der Waals surface area contributed by atoms with Crippen molar-refractivity contribution in [3.8, 4) is 5.75 Å². The fourth-order valence-electron chi connectivity index (χ4n) is 7.60. The molecule has 1 aliphatic rings. The van der Waals surface area contributed by atoms with Gasteiger partial charge in [0, 0.05) is 25.3 Å². The minimum Gasteiger partial charge on any atom is -0.508 e. The number of nitrogens with one attached hydrogen (secondary N) is 8. The molecule has 1 aromatic carbocycles. The van der Waals surface area contributed by atoms with Gasteiger partial charge in [-0.25, -0.2) is 0 Å². The smallest absolute Gasteiger partial charge is 0.305 e. The van der Waals surface area contributed by atoms with Crippen LogP contribution in [0.5, 0.6) is 5.75 Å². The van der Waals surface area contributed by atoms with Crippen molar-refractivity contribution < 1.29 is 83.4 Å². The van der Waals surface area contributed by atoms with Crippen LogP contribution >= 0.6 is 0 Å². The molecule has 0 saturated carbocycles. The Bertz CT molecular complexity index is 2060. The van der Waals surface area contributed by atoms with Crippen LogP contribution in [-0.2, 0) is 59.2 Å². The molecule has 1 aliphatic heterocycles. The largest absolute Gasteiger partial charge is 0.508 e. The van der Waals surface area contributed by atoms with Gasteiger partial charge in [-0.2, -0.15) is 0 Å². The van der Waals surface area contributed by atoms with Crippen molar-refractivity contribution in [3.05, 3.63) is 29.8 Å². The normalized spacial score (nSPS) is 24.3. The Morgan fingerprint density at radius 3 is 1.60 bits per heavy atom. The van der Waals surface area contributed by atoms with Crippen LogP contribution in [0.25, 0.3) is 0 Å². The molecule has 10 atom stereocenters. The van der Waals surface area contributed by atoms with Crippen molar-refractivity contribution in [2.24, 2.45) is 11.7 Å². The van der Waals surface area contributed by atoms with Gasteiger partial charge in [0.05, 0.1) is 32.2 Å². The zero-order valence-electron chi connectivity index (χ0n) is 41.4. The fraction of sp³-hybridized carbons (Fsp3) is 0.638. The number of nitrogens with two attached hydrogens (primary N) is 1. The highest BCUT2D eigenvalue weighted by atomic mass is 16.4. The maximum absolute atomic E-state index is 14.0. The van der Waals surface area contributed by atoms with Gasteiger partial charge in [0.15, 0.2) is 0 Å². The number of aliphatic hydroxyl groups excluding tert-OH is 3. The molecule has 16 N–H and O–H groups in total. The van der Waals surface area contributed by atoms with Gasteiger partial charge in [0.2, 0.25) is 53.2 Å². The van der Waals surface area contributed by atoms with Crippen LogP contribution in [0.15, 0.2) is 24.3 Å². The van der Waals surface area contributed by atoms with Crippen molar-refractivity contribution in [2.45, 2.75) is 172 Å². The van der Waals surface area contributed by atoms with Crippen LogP contribution in [0.3, 0.4) is 0 Å². The molecule has 26 nitrogen and oxygen atoms in total. The summed E-state index contributed by atoms with van der Waals surface area (Å²) in [5.74, 6) is -13.4. The number of amides is 9. The average Bonchev–Trinajstić information content (AvgIpc) is 3.32. The number of carbonyl (C=O) groups excluding carboxylic acids is 9. The number of aromatic hydroxyl groups is 1. The predicted octanol–water partition coefficient (Wildman–Crippen LogP) is -3.04. The van der Waals surface area contributed by atoms with Gasteiger partial charge in [-0.3, -0.25) is 52.7 Å². The topological polar surface area (TPSA) is 431 Å². The number of benzene rings is 1. The van der Waals surface area contributed by atoms with Crippen LogP contribution in [0.2, 0.25) is 0 Å². The number of phenolic OH excluding ortho intramolecular Hbond substituents is 1. The van der Waals surface area contributed by atoms with Crippen LogP contribution in [-0.4, -0.2) is 163 Å². The number of hydrogen-bond acceptors (Lipinski definition) is 15. The SMILES string of the molecule is CCC(C)CCCCCCCCC1CC(=O)NC(CC(=O)O)C(=O)NC(Cc2ccc(O)cc2)C(=O)NC(CC(N)=O)C(=O)NC(CO)C(=O)NC(CCC(=O)O)C(=O)NC(CO)C(=O)NC(C(C)O)C(=O)N1. The van der Waals surface area contributed by atoms with E-state index >= 15 is 0 Å². The minimum atomic E-state index is -1.99. The van der Waals surface area contributed by atoms with Crippen LogP contribution < -0.4 is 48.3 Å². The Morgan fingerprint density at radius 1 is 0.589 bits per heavy atom. The summed E-state index contributed by atoms with van der Waals surface area (Å²) in [6.45, 7) is 3.09. The molecule has 1 saturated heterocycles. The summed E-state index contributed by atoms with van der Waals surface area (Å²) in [5, 5.41) is 78.2. The molecule has 1 heterocycles. The van der Waals surface area contributed by atoms with Crippen molar-refractivity contribution in [1.29, 1.82) is 0 Å². The van der Waals surface area contributed by atoms with Gasteiger partial charge in [-0.1, -0.05) is 77.3 Å². The number of carbonyl (C=O) groups is 11. The molecule has 73 heavy (non-hydrogen) atoms. The molecule has 0 spiro atoms. The first-order valence-corrected chi connectivity index (χ1v) is 24.3. The van der Waals surface area contributed by atoms with Gasteiger partial charge in [-0.15, -0.1) is 0 Å². The summed E-state index contributed by atoms with van der Waals surface area (Å²) in [5.41, 5.74) is 5.67. The zero-order valence-corrected chi connectivity index (χ0v) is 41.4. The third kappa shape index (κ3) is 23.4. The molecule has 0 aliphatic carbocycles. The number of phenols is 1. The highest BCUT2D eigenvalue weighted by Crippen LogP contribution is 2.17. The molecule has 1 fully saturated rings. The Morgan fingerprint density at radius 2 is 1.07 bits per heavy atom. The van der Waals surface area contributed by atoms with E-state index in [-0.39, 0.29) is 17.7 Å². The van der Waals surface area contributed by atoms with E-state index < -0.39 is 171 Å². The van der Waals surface area contributed by atoms with E-state index in [1.807, 2.05) is 0 Å². The van der Waals surface area contributed by atoms with E-state index in [0.29, 0.717) is 18.8 Å². The van der Waals surface area contributed by atoms with Crippen molar-refractivity contribution in [3.63, 3.8) is 0 Å². The molecular formula is C47H73N9O17.